The van der Waals surface area contributed by atoms with Gasteiger partial charge in [-0.1, -0.05) is 44.5 Å². The Morgan fingerprint density at radius 2 is 1.86 bits per heavy atom. The fourth-order valence-electron chi connectivity index (χ4n) is 2.28. The zero-order valence-electron chi connectivity index (χ0n) is 12.6. The molecule has 1 rings (SSSR count). The zero-order valence-corrected chi connectivity index (χ0v) is 13.4. The van der Waals surface area contributed by atoms with E-state index in [0.717, 1.165) is 0 Å². The van der Waals surface area contributed by atoms with Crippen LogP contribution in [-0.2, 0) is 9.59 Å². The van der Waals surface area contributed by atoms with Crippen molar-refractivity contribution in [3.8, 4) is 0 Å². The second kappa shape index (κ2) is 8.03. The molecule has 2 N–H and O–H groups in total. The SMILES string of the molecule is CC(C)C[C@@H](C(=O)O)[C@@H](C)CC(=O)Nc1ccccc1Cl. The first-order chi connectivity index (χ1) is 9.81. The van der Waals surface area contributed by atoms with Crippen LogP contribution >= 0.6 is 11.6 Å². The summed E-state index contributed by atoms with van der Waals surface area (Å²) in [5.74, 6) is -1.53. The minimum Gasteiger partial charge on any atom is -0.481 e. The van der Waals surface area contributed by atoms with Gasteiger partial charge < -0.3 is 10.4 Å². The van der Waals surface area contributed by atoms with Crippen molar-refractivity contribution in [2.45, 2.75) is 33.6 Å². The van der Waals surface area contributed by atoms with Crippen LogP contribution < -0.4 is 5.32 Å². The van der Waals surface area contributed by atoms with Crippen LogP contribution in [0.25, 0.3) is 0 Å². The Kier molecular flexibility index (Phi) is 6.69. The first-order valence-corrected chi connectivity index (χ1v) is 7.46. The number of rotatable bonds is 7. The van der Waals surface area contributed by atoms with Gasteiger partial charge in [0.1, 0.15) is 0 Å². The van der Waals surface area contributed by atoms with Crippen molar-refractivity contribution in [2.75, 3.05) is 5.32 Å². The molecular weight excluding hydrogens is 290 g/mol. The Morgan fingerprint density at radius 1 is 1.24 bits per heavy atom. The van der Waals surface area contributed by atoms with Gasteiger partial charge in [0.2, 0.25) is 5.91 Å². The normalized spacial score (nSPS) is 13.8. The van der Waals surface area contributed by atoms with Gasteiger partial charge in [-0.2, -0.15) is 0 Å². The average Bonchev–Trinajstić information content (AvgIpc) is 2.38. The summed E-state index contributed by atoms with van der Waals surface area (Å²) in [6.45, 7) is 5.76. The number of aliphatic carboxylic acids is 1. The molecule has 0 radical (unpaired) electrons. The molecule has 0 spiro atoms. The Balaban J connectivity index is 2.64. The third-order valence-electron chi connectivity index (χ3n) is 3.38. The second-order valence-corrected chi connectivity index (χ2v) is 6.19. The molecule has 0 saturated heterocycles. The van der Waals surface area contributed by atoms with Crippen LogP contribution in [0.1, 0.15) is 33.6 Å². The third kappa shape index (κ3) is 5.76. The van der Waals surface area contributed by atoms with E-state index < -0.39 is 11.9 Å². The van der Waals surface area contributed by atoms with Gasteiger partial charge in [0.15, 0.2) is 0 Å². The lowest BCUT2D eigenvalue weighted by Gasteiger charge is -2.21. The summed E-state index contributed by atoms with van der Waals surface area (Å²) < 4.78 is 0. The van der Waals surface area contributed by atoms with Crippen molar-refractivity contribution in [1.82, 2.24) is 0 Å². The van der Waals surface area contributed by atoms with Crippen LogP contribution in [0.5, 0.6) is 0 Å². The van der Waals surface area contributed by atoms with Gasteiger partial charge in [0.05, 0.1) is 16.6 Å². The van der Waals surface area contributed by atoms with E-state index in [-0.39, 0.29) is 24.2 Å². The van der Waals surface area contributed by atoms with E-state index in [1.807, 2.05) is 13.8 Å². The van der Waals surface area contributed by atoms with Gasteiger partial charge in [-0.15, -0.1) is 0 Å². The molecule has 116 valence electrons. The molecule has 1 amide bonds. The summed E-state index contributed by atoms with van der Waals surface area (Å²) in [7, 11) is 0. The number of hydrogen-bond donors (Lipinski definition) is 2. The molecule has 5 heteroatoms. The van der Waals surface area contributed by atoms with Crippen LogP contribution in [-0.4, -0.2) is 17.0 Å². The number of benzene rings is 1. The maximum absolute atomic E-state index is 12.0. The lowest BCUT2D eigenvalue weighted by Crippen LogP contribution is -2.27. The van der Waals surface area contributed by atoms with E-state index in [1.165, 1.54) is 0 Å². The van der Waals surface area contributed by atoms with Crippen molar-refractivity contribution < 1.29 is 14.7 Å². The van der Waals surface area contributed by atoms with Gasteiger partial charge in [-0.25, -0.2) is 0 Å². The zero-order chi connectivity index (χ0) is 16.0. The van der Waals surface area contributed by atoms with Crippen molar-refractivity contribution in [3.63, 3.8) is 0 Å². The molecule has 0 aliphatic rings. The number of amides is 1. The number of carbonyl (C=O) groups is 2. The average molecular weight is 312 g/mol. The monoisotopic (exact) mass is 311 g/mol. The number of anilines is 1. The van der Waals surface area contributed by atoms with Crippen LogP contribution in [0.3, 0.4) is 0 Å². The van der Waals surface area contributed by atoms with Crippen molar-refractivity contribution in [2.24, 2.45) is 17.8 Å². The summed E-state index contributed by atoms with van der Waals surface area (Å²) >= 11 is 5.98. The maximum atomic E-state index is 12.0. The van der Waals surface area contributed by atoms with E-state index >= 15 is 0 Å². The highest BCUT2D eigenvalue weighted by Crippen LogP contribution is 2.25. The van der Waals surface area contributed by atoms with Crippen LogP contribution in [0.4, 0.5) is 5.69 Å². The van der Waals surface area contributed by atoms with Gasteiger partial charge >= 0.3 is 5.97 Å². The van der Waals surface area contributed by atoms with Crippen LogP contribution in [0.2, 0.25) is 5.02 Å². The summed E-state index contributed by atoms with van der Waals surface area (Å²) in [4.78, 5) is 23.3. The predicted octanol–water partition coefficient (Wildman–Crippen LogP) is 4.05. The van der Waals surface area contributed by atoms with Gasteiger partial charge in [-0.3, -0.25) is 9.59 Å². The minimum atomic E-state index is -0.846. The highest BCUT2D eigenvalue weighted by Gasteiger charge is 2.27. The van der Waals surface area contributed by atoms with Crippen LogP contribution in [0.15, 0.2) is 24.3 Å². The summed E-state index contributed by atoms with van der Waals surface area (Å²) in [6, 6.07) is 6.97. The van der Waals surface area contributed by atoms with Crippen LogP contribution in [0, 0.1) is 17.8 Å². The molecular formula is C16H22ClNO3. The van der Waals surface area contributed by atoms with Crippen molar-refractivity contribution in [3.05, 3.63) is 29.3 Å². The summed E-state index contributed by atoms with van der Waals surface area (Å²) in [6.07, 6.45) is 0.727. The molecule has 0 saturated carbocycles. The minimum absolute atomic E-state index is 0.162. The molecule has 1 aromatic carbocycles. The lowest BCUT2D eigenvalue weighted by atomic mass is 9.84. The number of hydrogen-bond acceptors (Lipinski definition) is 2. The fourth-order valence-corrected chi connectivity index (χ4v) is 2.47. The van der Waals surface area contributed by atoms with E-state index in [2.05, 4.69) is 5.32 Å². The number of carboxylic acids is 1. The van der Waals surface area contributed by atoms with E-state index in [0.29, 0.717) is 17.1 Å². The molecule has 4 nitrogen and oxygen atoms in total. The Labute approximate surface area is 130 Å². The number of carbonyl (C=O) groups excluding carboxylic acids is 1. The molecule has 21 heavy (non-hydrogen) atoms. The number of carboxylic acid groups (broad SMARTS) is 1. The Hall–Kier alpha value is -1.55. The molecule has 0 aliphatic heterocycles. The number of halogens is 1. The first-order valence-electron chi connectivity index (χ1n) is 7.08. The molecule has 1 aromatic rings. The second-order valence-electron chi connectivity index (χ2n) is 5.78. The van der Waals surface area contributed by atoms with E-state index in [1.54, 1.807) is 31.2 Å². The highest BCUT2D eigenvalue weighted by atomic mass is 35.5. The lowest BCUT2D eigenvalue weighted by molar-refractivity contribution is -0.144. The quantitative estimate of drug-likeness (QED) is 0.798. The maximum Gasteiger partial charge on any atom is 0.306 e. The molecule has 0 unspecified atom stereocenters. The summed E-state index contributed by atoms with van der Waals surface area (Å²) in [5, 5.41) is 12.5. The molecule has 0 bridgehead atoms. The smallest absolute Gasteiger partial charge is 0.306 e. The van der Waals surface area contributed by atoms with E-state index in [4.69, 9.17) is 11.6 Å². The number of nitrogens with one attached hydrogen (secondary N) is 1. The van der Waals surface area contributed by atoms with Gasteiger partial charge in [-0.05, 0) is 30.4 Å². The van der Waals surface area contributed by atoms with Crippen molar-refractivity contribution >= 4 is 29.2 Å². The standard InChI is InChI=1S/C16H22ClNO3/c1-10(2)8-12(16(20)21)11(3)9-15(19)18-14-7-5-4-6-13(14)17/h4-7,10-12H,8-9H2,1-3H3,(H,18,19)(H,20,21)/t11-,12+/m0/s1. The highest BCUT2D eigenvalue weighted by molar-refractivity contribution is 6.33. The fraction of sp³-hybridized carbons (Fsp3) is 0.500. The van der Waals surface area contributed by atoms with Gasteiger partial charge in [0.25, 0.3) is 0 Å². The molecule has 0 fully saturated rings. The van der Waals surface area contributed by atoms with Crippen molar-refractivity contribution in [1.29, 1.82) is 0 Å². The Bertz CT molecular complexity index is 502. The third-order valence-corrected chi connectivity index (χ3v) is 3.71. The number of para-hydroxylation sites is 1. The summed E-state index contributed by atoms with van der Waals surface area (Å²) in [5.41, 5.74) is 0.548. The molecule has 0 aromatic heterocycles. The Morgan fingerprint density at radius 3 is 2.38 bits per heavy atom. The van der Waals surface area contributed by atoms with E-state index in [9.17, 15) is 14.7 Å². The molecule has 2 atom stereocenters. The molecule has 0 aliphatic carbocycles. The largest absolute Gasteiger partial charge is 0.481 e. The molecule has 0 heterocycles. The topological polar surface area (TPSA) is 66.4 Å². The predicted molar refractivity (Wildman–Crippen MR) is 84.4 cm³/mol. The van der Waals surface area contributed by atoms with Gasteiger partial charge in [0, 0.05) is 6.42 Å². The first kappa shape index (κ1) is 17.5.